The monoisotopic (exact) mass is 305 g/mol. The van der Waals surface area contributed by atoms with Crippen molar-refractivity contribution in [1.82, 2.24) is 0 Å². The molecule has 0 saturated heterocycles. The van der Waals surface area contributed by atoms with Gasteiger partial charge in [0.2, 0.25) is 0 Å². The second-order valence-corrected chi connectivity index (χ2v) is 5.96. The van der Waals surface area contributed by atoms with Crippen LogP contribution in [0.5, 0.6) is 0 Å². The van der Waals surface area contributed by atoms with Crippen LogP contribution < -0.4 is 5.73 Å². The lowest BCUT2D eigenvalue weighted by atomic mass is 10.1. The van der Waals surface area contributed by atoms with Crippen molar-refractivity contribution in [3.8, 4) is 0 Å². The predicted octanol–water partition coefficient (Wildman–Crippen LogP) is 3.16. The fourth-order valence-corrected chi connectivity index (χ4v) is 2.92. The first kappa shape index (κ1) is 13.7. The van der Waals surface area contributed by atoms with Crippen LogP contribution in [0.1, 0.15) is 36.2 Å². The Kier molecular flexibility index (Phi) is 5.44. The van der Waals surface area contributed by atoms with E-state index in [1.54, 1.807) is 18.3 Å². The van der Waals surface area contributed by atoms with Crippen molar-refractivity contribution in [2.45, 2.75) is 32.7 Å². The van der Waals surface area contributed by atoms with Gasteiger partial charge in [0.05, 0.1) is 10.4 Å². The highest BCUT2D eigenvalue weighted by atomic mass is 79.9. The molecular weight excluding hydrogens is 290 g/mol. The molecule has 0 aliphatic heterocycles. The molecule has 90 valence electrons. The normalized spacial score (nSPS) is 12.5. The SMILES string of the molecule is CCOC(=O)CCC(N)c1cc(C)c(Br)s1. The van der Waals surface area contributed by atoms with Crippen molar-refractivity contribution < 1.29 is 9.53 Å². The molecule has 0 fully saturated rings. The van der Waals surface area contributed by atoms with Crippen LogP contribution in [0.15, 0.2) is 9.85 Å². The Morgan fingerprint density at radius 3 is 2.88 bits per heavy atom. The molecular formula is C11H16BrNO2S. The van der Waals surface area contributed by atoms with Crippen molar-refractivity contribution >= 4 is 33.2 Å². The highest BCUT2D eigenvalue weighted by Gasteiger charge is 2.13. The van der Waals surface area contributed by atoms with Crippen LogP contribution in [0.4, 0.5) is 0 Å². The molecule has 1 heterocycles. The van der Waals surface area contributed by atoms with E-state index in [1.807, 2.05) is 6.92 Å². The van der Waals surface area contributed by atoms with Gasteiger partial charge in [-0.15, -0.1) is 11.3 Å². The molecule has 0 amide bonds. The van der Waals surface area contributed by atoms with E-state index in [1.165, 1.54) is 5.56 Å². The maximum absolute atomic E-state index is 11.2. The summed E-state index contributed by atoms with van der Waals surface area (Å²) in [5.74, 6) is -0.176. The third kappa shape index (κ3) is 3.88. The number of rotatable bonds is 5. The fourth-order valence-electron chi connectivity index (χ4n) is 1.32. The minimum absolute atomic E-state index is 0.0839. The average Bonchev–Trinajstić information content (AvgIpc) is 2.56. The third-order valence-corrected chi connectivity index (χ3v) is 4.48. The summed E-state index contributed by atoms with van der Waals surface area (Å²) in [7, 11) is 0. The van der Waals surface area contributed by atoms with Crippen LogP contribution in [0, 0.1) is 6.92 Å². The number of esters is 1. The number of halogens is 1. The highest BCUT2D eigenvalue weighted by Crippen LogP contribution is 2.32. The summed E-state index contributed by atoms with van der Waals surface area (Å²) in [5.41, 5.74) is 7.19. The lowest BCUT2D eigenvalue weighted by Gasteiger charge is -2.08. The van der Waals surface area contributed by atoms with Crippen LogP contribution >= 0.6 is 27.3 Å². The molecule has 3 nitrogen and oxygen atoms in total. The Hall–Kier alpha value is -0.390. The van der Waals surface area contributed by atoms with E-state index < -0.39 is 0 Å². The van der Waals surface area contributed by atoms with Crippen LogP contribution in [0.25, 0.3) is 0 Å². The van der Waals surface area contributed by atoms with Gasteiger partial charge in [0.15, 0.2) is 0 Å². The zero-order valence-electron chi connectivity index (χ0n) is 9.46. The summed E-state index contributed by atoms with van der Waals surface area (Å²) in [6.07, 6.45) is 1.01. The second-order valence-electron chi connectivity index (χ2n) is 3.56. The molecule has 1 aromatic rings. The smallest absolute Gasteiger partial charge is 0.305 e. The molecule has 0 bridgehead atoms. The molecule has 0 aromatic carbocycles. The topological polar surface area (TPSA) is 52.3 Å². The Morgan fingerprint density at radius 1 is 1.69 bits per heavy atom. The number of nitrogens with two attached hydrogens (primary N) is 1. The number of carbonyl (C=O) groups excluding carboxylic acids is 1. The Balaban J connectivity index is 2.46. The van der Waals surface area contributed by atoms with Gasteiger partial charge in [-0.1, -0.05) is 0 Å². The Bertz CT molecular complexity index is 345. The van der Waals surface area contributed by atoms with E-state index >= 15 is 0 Å². The van der Waals surface area contributed by atoms with E-state index in [0.717, 1.165) is 8.66 Å². The zero-order chi connectivity index (χ0) is 12.1. The van der Waals surface area contributed by atoms with E-state index in [2.05, 4.69) is 22.0 Å². The van der Waals surface area contributed by atoms with Crippen molar-refractivity contribution in [3.63, 3.8) is 0 Å². The molecule has 5 heteroatoms. The summed E-state index contributed by atoms with van der Waals surface area (Å²) >= 11 is 5.09. The lowest BCUT2D eigenvalue weighted by molar-refractivity contribution is -0.143. The number of aryl methyl sites for hydroxylation is 1. The standard InChI is InChI=1S/C11H16BrNO2S/c1-3-15-10(14)5-4-8(13)9-6-7(2)11(12)16-9/h6,8H,3-5,13H2,1-2H3. The summed E-state index contributed by atoms with van der Waals surface area (Å²) in [5, 5.41) is 0. The van der Waals surface area contributed by atoms with Gasteiger partial charge in [0, 0.05) is 17.3 Å². The average molecular weight is 306 g/mol. The number of carbonyl (C=O) groups is 1. The summed E-state index contributed by atoms with van der Waals surface area (Å²) in [6, 6.07) is 1.98. The molecule has 0 saturated carbocycles. The molecule has 0 radical (unpaired) electrons. The second kappa shape index (κ2) is 6.37. The molecule has 1 atom stereocenters. The molecule has 0 aliphatic rings. The van der Waals surface area contributed by atoms with E-state index in [-0.39, 0.29) is 12.0 Å². The van der Waals surface area contributed by atoms with Gasteiger partial charge < -0.3 is 10.5 Å². The van der Waals surface area contributed by atoms with Gasteiger partial charge in [-0.25, -0.2) is 0 Å². The summed E-state index contributed by atoms with van der Waals surface area (Å²) in [6.45, 7) is 4.26. The van der Waals surface area contributed by atoms with E-state index in [0.29, 0.717) is 19.4 Å². The maximum Gasteiger partial charge on any atom is 0.305 e. The zero-order valence-corrected chi connectivity index (χ0v) is 11.9. The molecule has 16 heavy (non-hydrogen) atoms. The lowest BCUT2D eigenvalue weighted by Crippen LogP contribution is -2.12. The molecule has 0 spiro atoms. The van der Waals surface area contributed by atoms with Gasteiger partial charge in [0.25, 0.3) is 0 Å². The van der Waals surface area contributed by atoms with Crippen LogP contribution in [0.2, 0.25) is 0 Å². The van der Waals surface area contributed by atoms with E-state index in [9.17, 15) is 4.79 Å². The number of hydrogen-bond donors (Lipinski definition) is 1. The first-order valence-electron chi connectivity index (χ1n) is 5.21. The first-order valence-corrected chi connectivity index (χ1v) is 6.82. The van der Waals surface area contributed by atoms with Crippen LogP contribution in [0.3, 0.4) is 0 Å². The first-order chi connectivity index (χ1) is 7.54. The molecule has 1 aromatic heterocycles. The molecule has 1 unspecified atom stereocenters. The minimum atomic E-state index is -0.176. The number of ether oxygens (including phenoxy) is 1. The van der Waals surface area contributed by atoms with Crippen molar-refractivity contribution in [3.05, 3.63) is 20.3 Å². The van der Waals surface area contributed by atoms with Gasteiger partial charge in [-0.2, -0.15) is 0 Å². The third-order valence-electron chi connectivity index (χ3n) is 2.21. The minimum Gasteiger partial charge on any atom is -0.466 e. The fraction of sp³-hybridized carbons (Fsp3) is 0.545. The molecule has 0 aliphatic carbocycles. The molecule has 1 rings (SSSR count). The van der Waals surface area contributed by atoms with Gasteiger partial charge >= 0.3 is 5.97 Å². The van der Waals surface area contributed by atoms with Crippen molar-refractivity contribution in [1.29, 1.82) is 0 Å². The quantitative estimate of drug-likeness (QED) is 0.850. The van der Waals surface area contributed by atoms with Gasteiger partial charge in [-0.3, -0.25) is 4.79 Å². The van der Waals surface area contributed by atoms with Crippen molar-refractivity contribution in [2.75, 3.05) is 6.61 Å². The van der Waals surface area contributed by atoms with E-state index in [4.69, 9.17) is 10.5 Å². The highest BCUT2D eigenvalue weighted by molar-refractivity contribution is 9.11. The largest absolute Gasteiger partial charge is 0.466 e. The summed E-state index contributed by atoms with van der Waals surface area (Å²) in [4.78, 5) is 12.3. The van der Waals surface area contributed by atoms with Gasteiger partial charge in [0.1, 0.15) is 0 Å². The predicted molar refractivity (Wildman–Crippen MR) is 69.6 cm³/mol. The van der Waals surface area contributed by atoms with Crippen molar-refractivity contribution in [2.24, 2.45) is 5.73 Å². The van der Waals surface area contributed by atoms with Crippen LogP contribution in [-0.2, 0) is 9.53 Å². The van der Waals surface area contributed by atoms with Gasteiger partial charge in [-0.05, 0) is 47.8 Å². The summed E-state index contributed by atoms with van der Waals surface area (Å²) < 4.78 is 5.96. The number of thiophene rings is 1. The maximum atomic E-state index is 11.2. The molecule has 2 N–H and O–H groups in total. The van der Waals surface area contributed by atoms with Crippen LogP contribution in [-0.4, -0.2) is 12.6 Å². The Morgan fingerprint density at radius 2 is 2.38 bits per heavy atom. The number of hydrogen-bond acceptors (Lipinski definition) is 4. The Labute approximate surface area is 108 Å².